The Hall–Kier alpha value is -1.23. The van der Waals surface area contributed by atoms with E-state index in [1.807, 2.05) is 29.8 Å². The van der Waals surface area contributed by atoms with E-state index in [2.05, 4.69) is 25.3 Å². The van der Waals surface area contributed by atoms with Gasteiger partial charge in [-0.05, 0) is 18.4 Å². The highest BCUT2D eigenvalue weighted by molar-refractivity contribution is 8.93. The summed E-state index contributed by atoms with van der Waals surface area (Å²) in [5, 5.41) is 7.69. The number of hydrogen-bond acceptors (Lipinski definition) is 5. The maximum absolute atomic E-state index is 5.86. The molecule has 0 saturated carbocycles. The van der Waals surface area contributed by atoms with Crippen molar-refractivity contribution in [3.63, 3.8) is 0 Å². The fourth-order valence-electron chi connectivity index (χ4n) is 1.72. The summed E-state index contributed by atoms with van der Waals surface area (Å²) in [6, 6.07) is 4.03. The van der Waals surface area contributed by atoms with Crippen molar-refractivity contribution in [3.05, 3.63) is 39.8 Å². The zero-order chi connectivity index (χ0) is 14.7. The fraction of sp³-hybridized carbons (Fsp3) is 0.154. The van der Waals surface area contributed by atoms with Crippen LogP contribution in [0.2, 0.25) is 0 Å². The number of nitrogens with one attached hydrogen (secondary N) is 2. The van der Waals surface area contributed by atoms with Crippen LogP contribution in [0.3, 0.4) is 0 Å². The van der Waals surface area contributed by atoms with Gasteiger partial charge in [0.05, 0.1) is 18.4 Å². The molecule has 0 fully saturated rings. The number of aliphatic imine (C=N–C) groups is 1. The molecule has 0 saturated heterocycles. The van der Waals surface area contributed by atoms with Crippen molar-refractivity contribution in [2.24, 2.45) is 10.7 Å². The van der Waals surface area contributed by atoms with Crippen molar-refractivity contribution >= 4 is 67.7 Å². The molecule has 0 spiro atoms. The van der Waals surface area contributed by atoms with Gasteiger partial charge in [0.1, 0.15) is 11.5 Å². The van der Waals surface area contributed by atoms with Gasteiger partial charge in [-0.1, -0.05) is 6.07 Å². The van der Waals surface area contributed by atoms with Gasteiger partial charge >= 0.3 is 0 Å². The third-order valence-corrected chi connectivity index (χ3v) is 4.32. The maximum Gasteiger partial charge on any atom is 0.195 e. The summed E-state index contributed by atoms with van der Waals surface area (Å²) in [5.41, 5.74) is 7.60. The van der Waals surface area contributed by atoms with E-state index in [1.165, 1.54) is 16.2 Å². The van der Waals surface area contributed by atoms with E-state index in [4.69, 9.17) is 5.73 Å². The molecule has 4 N–H and O–H groups in total. The van der Waals surface area contributed by atoms with Crippen LogP contribution >= 0.6 is 56.6 Å². The number of guanidine groups is 1. The summed E-state index contributed by atoms with van der Waals surface area (Å²) in [4.78, 5) is 17.2. The molecule has 0 atom stereocenters. The van der Waals surface area contributed by atoms with E-state index < -0.39 is 0 Å². The molecule has 6 nitrogen and oxygen atoms in total. The number of hydrogen-bond donors (Lipinski definition) is 3. The van der Waals surface area contributed by atoms with Gasteiger partial charge in [0.15, 0.2) is 11.1 Å². The summed E-state index contributed by atoms with van der Waals surface area (Å²) in [7, 11) is 0. The Morgan fingerprint density at radius 2 is 2.22 bits per heavy atom. The Morgan fingerprint density at radius 3 is 2.87 bits per heavy atom. The van der Waals surface area contributed by atoms with Crippen LogP contribution in [-0.2, 0) is 6.54 Å². The molecule has 3 heterocycles. The predicted molar refractivity (Wildman–Crippen MR) is 108 cm³/mol. The molecule has 0 bridgehead atoms. The number of aromatic amines is 1. The lowest BCUT2D eigenvalue weighted by atomic mass is 10.4. The van der Waals surface area contributed by atoms with Crippen molar-refractivity contribution in [2.75, 3.05) is 5.32 Å². The number of aromatic nitrogens is 3. The number of thiophene rings is 1. The van der Waals surface area contributed by atoms with Crippen molar-refractivity contribution < 1.29 is 0 Å². The molecule has 0 amide bonds. The number of nitrogens with two attached hydrogens (primary N) is 1. The minimum absolute atomic E-state index is 0. The normalized spacial score (nSPS) is 10.7. The molecular formula is C13H16Br2N6S2. The summed E-state index contributed by atoms with van der Waals surface area (Å²) >= 11 is 3.14. The topological polar surface area (TPSA) is 92.0 Å². The number of H-pyrrole nitrogens is 1. The molecule has 23 heavy (non-hydrogen) atoms. The molecule has 3 rings (SSSR count). The summed E-state index contributed by atoms with van der Waals surface area (Å²) in [6.07, 6.45) is 1.77. The standard InChI is InChI=1S/C13H14N6S2.2BrH/c1-8-15-6-10(17-8)11-7-21-13(18-11)19-12(14)16-5-9-3-2-4-20-9;;/h2-4,6-7H,5H2,1H3,(H,15,17)(H3,14,16,18,19);2*1H. The van der Waals surface area contributed by atoms with Crippen LogP contribution in [0.15, 0.2) is 34.1 Å². The van der Waals surface area contributed by atoms with Crippen molar-refractivity contribution in [1.82, 2.24) is 15.0 Å². The molecule has 0 unspecified atom stereocenters. The zero-order valence-electron chi connectivity index (χ0n) is 12.1. The van der Waals surface area contributed by atoms with Crippen LogP contribution in [0.1, 0.15) is 10.7 Å². The second-order valence-corrected chi connectivity index (χ2v) is 6.22. The summed E-state index contributed by atoms with van der Waals surface area (Å²) < 4.78 is 0. The lowest BCUT2D eigenvalue weighted by Crippen LogP contribution is -2.22. The van der Waals surface area contributed by atoms with Crippen LogP contribution < -0.4 is 11.1 Å². The largest absolute Gasteiger partial charge is 0.370 e. The monoisotopic (exact) mass is 478 g/mol. The van der Waals surface area contributed by atoms with Crippen molar-refractivity contribution in [3.8, 4) is 11.4 Å². The Bertz CT molecular complexity index is 750. The molecule has 0 aliphatic carbocycles. The number of halogens is 2. The lowest BCUT2D eigenvalue weighted by molar-refractivity contribution is 1.09. The van der Waals surface area contributed by atoms with Crippen LogP contribution in [0.25, 0.3) is 11.4 Å². The Morgan fingerprint density at radius 1 is 1.39 bits per heavy atom. The molecule has 10 heteroatoms. The van der Waals surface area contributed by atoms with Gasteiger partial charge in [-0.15, -0.1) is 56.6 Å². The molecular weight excluding hydrogens is 464 g/mol. The minimum Gasteiger partial charge on any atom is -0.370 e. The molecule has 0 aliphatic heterocycles. The smallest absolute Gasteiger partial charge is 0.195 e. The number of thiazole rings is 1. The van der Waals surface area contributed by atoms with E-state index in [1.54, 1.807) is 17.5 Å². The van der Waals surface area contributed by atoms with Crippen molar-refractivity contribution in [2.45, 2.75) is 13.5 Å². The van der Waals surface area contributed by atoms with Gasteiger partial charge in [0.2, 0.25) is 0 Å². The molecule has 3 aromatic heterocycles. The number of nitrogens with zero attached hydrogens (tertiary/aromatic N) is 3. The van der Waals surface area contributed by atoms with Gasteiger partial charge in [-0.2, -0.15) is 0 Å². The molecule has 0 radical (unpaired) electrons. The van der Waals surface area contributed by atoms with Gasteiger partial charge in [0, 0.05) is 10.3 Å². The number of rotatable bonds is 4. The minimum atomic E-state index is 0. The summed E-state index contributed by atoms with van der Waals surface area (Å²) in [5.74, 6) is 1.23. The average molecular weight is 480 g/mol. The van der Waals surface area contributed by atoms with Gasteiger partial charge in [-0.3, -0.25) is 0 Å². The third-order valence-electron chi connectivity index (χ3n) is 2.70. The maximum atomic E-state index is 5.86. The van der Waals surface area contributed by atoms with E-state index >= 15 is 0 Å². The Labute approximate surface area is 162 Å². The van der Waals surface area contributed by atoms with Crippen LogP contribution in [-0.4, -0.2) is 20.9 Å². The highest BCUT2D eigenvalue weighted by Crippen LogP contribution is 2.23. The first-order valence-corrected chi connectivity index (χ1v) is 8.03. The number of imidazole rings is 1. The Kier molecular flexibility index (Phi) is 7.89. The van der Waals surface area contributed by atoms with Gasteiger partial charge in [-0.25, -0.2) is 15.0 Å². The van der Waals surface area contributed by atoms with E-state index in [0.717, 1.165) is 17.2 Å². The first-order valence-electron chi connectivity index (χ1n) is 6.27. The van der Waals surface area contributed by atoms with Gasteiger partial charge in [0.25, 0.3) is 0 Å². The zero-order valence-corrected chi connectivity index (χ0v) is 17.2. The third kappa shape index (κ3) is 5.41. The lowest BCUT2D eigenvalue weighted by Gasteiger charge is -2.00. The van der Waals surface area contributed by atoms with Gasteiger partial charge < -0.3 is 16.0 Å². The molecule has 0 aliphatic rings. The molecule has 0 aromatic carbocycles. The van der Waals surface area contributed by atoms with Crippen molar-refractivity contribution in [1.29, 1.82) is 0 Å². The quantitative estimate of drug-likeness (QED) is 0.389. The van der Waals surface area contributed by atoms with Crippen LogP contribution in [0, 0.1) is 6.92 Å². The average Bonchev–Trinajstić information content (AvgIpc) is 3.17. The molecule has 124 valence electrons. The Balaban J connectivity index is 0.00000132. The first kappa shape index (κ1) is 19.8. The van der Waals surface area contributed by atoms with Crippen LogP contribution in [0.5, 0.6) is 0 Å². The van der Waals surface area contributed by atoms with E-state index in [0.29, 0.717) is 17.6 Å². The highest BCUT2D eigenvalue weighted by Gasteiger charge is 2.07. The van der Waals surface area contributed by atoms with E-state index in [9.17, 15) is 0 Å². The SMILES string of the molecule is Br.Br.Cc1ncc(-c2csc(NC(N)=NCc3cccs3)n2)[nH]1. The molecule has 3 aromatic rings. The number of aryl methyl sites for hydroxylation is 1. The summed E-state index contributed by atoms with van der Waals surface area (Å²) in [6.45, 7) is 2.48. The predicted octanol–water partition coefficient (Wildman–Crippen LogP) is 3.99. The highest BCUT2D eigenvalue weighted by atomic mass is 79.9. The number of anilines is 1. The van der Waals surface area contributed by atoms with E-state index in [-0.39, 0.29) is 34.0 Å². The van der Waals surface area contributed by atoms with Crippen LogP contribution in [0.4, 0.5) is 5.13 Å². The second kappa shape index (κ2) is 9.16. The fourth-order valence-corrected chi connectivity index (χ4v) is 3.07. The second-order valence-electron chi connectivity index (χ2n) is 4.33. The first-order chi connectivity index (χ1) is 10.2.